The predicted molar refractivity (Wildman–Crippen MR) is 53.9 cm³/mol. The molecule has 0 spiro atoms. The number of carboxylic acid groups (broad SMARTS) is 1. The average molecular weight is 233 g/mol. The minimum atomic E-state index is -0.938. The standard InChI is InChI=1S/C10H10ClFO3/c1-15-10-6(3-5-8(13)14)2-4-7(11)9(10)12/h2,4H,3,5H2,1H3,(H,13,14). The summed E-state index contributed by atoms with van der Waals surface area (Å²) in [5.74, 6) is -1.57. The van der Waals surface area contributed by atoms with Crippen molar-refractivity contribution in [3.63, 3.8) is 0 Å². The highest BCUT2D eigenvalue weighted by atomic mass is 35.5. The molecule has 1 N–H and O–H groups in total. The van der Waals surface area contributed by atoms with Crippen LogP contribution in [0.3, 0.4) is 0 Å². The summed E-state index contributed by atoms with van der Waals surface area (Å²) in [7, 11) is 1.32. The Morgan fingerprint density at radius 2 is 2.27 bits per heavy atom. The molecule has 0 aliphatic carbocycles. The van der Waals surface area contributed by atoms with E-state index in [1.807, 2.05) is 0 Å². The molecule has 3 nitrogen and oxygen atoms in total. The average Bonchev–Trinajstić information content (AvgIpc) is 2.19. The molecule has 0 aliphatic rings. The Hall–Kier alpha value is -1.29. The van der Waals surface area contributed by atoms with Crippen LogP contribution in [-0.4, -0.2) is 18.2 Å². The van der Waals surface area contributed by atoms with Crippen LogP contribution in [-0.2, 0) is 11.2 Å². The van der Waals surface area contributed by atoms with Crippen LogP contribution in [0.1, 0.15) is 12.0 Å². The summed E-state index contributed by atoms with van der Waals surface area (Å²) >= 11 is 5.56. The van der Waals surface area contributed by atoms with Gasteiger partial charge in [0.1, 0.15) is 0 Å². The summed E-state index contributed by atoms with van der Waals surface area (Å²) in [6.45, 7) is 0. The van der Waals surface area contributed by atoms with Crippen LogP contribution in [0.15, 0.2) is 12.1 Å². The van der Waals surface area contributed by atoms with E-state index >= 15 is 0 Å². The third-order valence-corrected chi connectivity index (χ3v) is 2.24. The Morgan fingerprint density at radius 1 is 1.60 bits per heavy atom. The number of ether oxygens (including phenoxy) is 1. The van der Waals surface area contributed by atoms with Gasteiger partial charge in [-0.2, -0.15) is 0 Å². The van der Waals surface area contributed by atoms with Crippen molar-refractivity contribution in [2.75, 3.05) is 7.11 Å². The van der Waals surface area contributed by atoms with E-state index in [0.717, 1.165) is 0 Å². The van der Waals surface area contributed by atoms with Crippen LogP contribution in [0, 0.1) is 5.82 Å². The van der Waals surface area contributed by atoms with Gasteiger partial charge >= 0.3 is 5.97 Å². The number of aryl methyl sites for hydroxylation is 1. The molecule has 0 fully saturated rings. The highest BCUT2D eigenvalue weighted by Crippen LogP contribution is 2.29. The van der Waals surface area contributed by atoms with E-state index in [0.29, 0.717) is 5.56 Å². The summed E-state index contributed by atoms with van der Waals surface area (Å²) < 4.78 is 18.2. The second-order valence-electron chi connectivity index (χ2n) is 2.95. The molecule has 1 aromatic carbocycles. The van der Waals surface area contributed by atoms with Crippen molar-refractivity contribution in [1.29, 1.82) is 0 Å². The molecule has 0 saturated heterocycles. The molecule has 0 amide bonds. The second kappa shape index (κ2) is 4.98. The summed E-state index contributed by atoms with van der Waals surface area (Å²) in [5.41, 5.74) is 0.502. The van der Waals surface area contributed by atoms with Crippen LogP contribution in [0.2, 0.25) is 5.02 Å². The fourth-order valence-electron chi connectivity index (χ4n) is 1.23. The van der Waals surface area contributed by atoms with Gasteiger partial charge in [0.15, 0.2) is 11.6 Å². The molecule has 0 aliphatic heterocycles. The fraction of sp³-hybridized carbons (Fsp3) is 0.300. The molecule has 82 valence electrons. The van der Waals surface area contributed by atoms with Crippen molar-refractivity contribution in [2.45, 2.75) is 12.8 Å². The number of benzene rings is 1. The van der Waals surface area contributed by atoms with E-state index in [4.69, 9.17) is 21.4 Å². The van der Waals surface area contributed by atoms with Gasteiger partial charge in [0.25, 0.3) is 0 Å². The quantitative estimate of drug-likeness (QED) is 0.868. The van der Waals surface area contributed by atoms with Gasteiger partial charge in [-0.25, -0.2) is 4.39 Å². The number of methoxy groups -OCH3 is 1. The number of rotatable bonds is 4. The van der Waals surface area contributed by atoms with Crippen molar-refractivity contribution < 1.29 is 19.0 Å². The van der Waals surface area contributed by atoms with Crippen molar-refractivity contribution in [3.05, 3.63) is 28.5 Å². The third-order valence-electron chi connectivity index (χ3n) is 1.94. The van der Waals surface area contributed by atoms with E-state index in [1.165, 1.54) is 13.2 Å². The van der Waals surface area contributed by atoms with Gasteiger partial charge in [-0.1, -0.05) is 17.7 Å². The largest absolute Gasteiger partial charge is 0.493 e. The van der Waals surface area contributed by atoms with E-state index in [2.05, 4.69) is 0 Å². The minimum absolute atomic E-state index is 0.0174. The van der Waals surface area contributed by atoms with E-state index in [1.54, 1.807) is 6.07 Å². The van der Waals surface area contributed by atoms with Crippen molar-refractivity contribution in [3.8, 4) is 5.75 Å². The highest BCUT2D eigenvalue weighted by molar-refractivity contribution is 6.30. The predicted octanol–water partition coefficient (Wildman–Crippen LogP) is 2.50. The molecular formula is C10H10ClFO3. The molecular weight excluding hydrogens is 223 g/mol. The molecule has 1 aromatic rings. The number of carboxylic acids is 1. The number of carbonyl (C=O) groups is 1. The molecule has 15 heavy (non-hydrogen) atoms. The first kappa shape index (κ1) is 11.8. The normalized spacial score (nSPS) is 10.1. The Bertz CT molecular complexity index is 379. The van der Waals surface area contributed by atoms with E-state index in [-0.39, 0.29) is 23.6 Å². The van der Waals surface area contributed by atoms with Crippen LogP contribution in [0.5, 0.6) is 5.75 Å². The molecule has 0 aromatic heterocycles. The molecule has 0 radical (unpaired) electrons. The van der Waals surface area contributed by atoms with Crippen molar-refractivity contribution >= 4 is 17.6 Å². The lowest BCUT2D eigenvalue weighted by Gasteiger charge is -2.09. The van der Waals surface area contributed by atoms with Crippen molar-refractivity contribution in [2.24, 2.45) is 0 Å². The van der Waals surface area contributed by atoms with Crippen LogP contribution in [0.4, 0.5) is 4.39 Å². The Morgan fingerprint density at radius 3 is 2.80 bits per heavy atom. The Kier molecular flexibility index (Phi) is 3.91. The van der Waals surface area contributed by atoms with Gasteiger partial charge in [-0.05, 0) is 18.1 Å². The molecule has 0 bridgehead atoms. The topological polar surface area (TPSA) is 46.5 Å². The van der Waals surface area contributed by atoms with Crippen LogP contribution >= 0.6 is 11.6 Å². The fourth-order valence-corrected chi connectivity index (χ4v) is 1.38. The van der Waals surface area contributed by atoms with Gasteiger partial charge in [0, 0.05) is 6.42 Å². The molecule has 0 unspecified atom stereocenters. The lowest BCUT2D eigenvalue weighted by atomic mass is 10.1. The summed E-state index contributed by atoms with van der Waals surface area (Å²) in [5, 5.41) is 8.47. The van der Waals surface area contributed by atoms with Crippen LogP contribution in [0.25, 0.3) is 0 Å². The zero-order valence-corrected chi connectivity index (χ0v) is 8.84. The zero-order chi connectivity index (χ0) is 11.4. The smallest absolute Gasteiger partial charge is 0.303 e. The SMILES string of the molecule is COc1c(CCC(=O)O)ccc(Cl)c1F. The maximum atomic E-state index is 13.4. The third kappa shape index (κ3) is 2.83. The summed E-state index contributed by atoms with van der Waals surface area (Å²) in [6.07, 6.45) is 0.143. The first-order valence-corrected chi connectivity index (χ1v) is 4.66. The maximum absolute atomic E-state index is 13.4. The summed E-state index contributed by atoms with van der Waals surface area (Å²) in [6, 6.07) is 2.95. The minimum Gasteiger partial charge on any atom is -0.493 e. The molecule has 5 heteroatoms. The number of aliphatic carboxylic acids is 1. The first-order chi connectivity index (χ1) is 7.06. The molecule has 0 saturated carbocycles. The van der Waals surface area contributed by atoms with Crippen molar-refractivity contribution in [1.82, 2.24) is 0 Å². The number of hydrogen-bond acceptors (Lipinski definition) is 2. The Balaban J connectivity index is 2.97. The lowest BCUT2D eigenvalue weighted by Crippen LogP contribution is -2.01. The highest BCUT2D eigenvalue weighted by Gasteiger charge is 2.13. The molecule has 0 atom stereocenters. The van der Waals surface area contributed by atoms with E-state index in [9.17, 15) is 9.18 Å². The van der Waals surface area contributed by atoms with Crippen LogP contribution < -0.4 is 4.74 Å². The zero-order valence-electron chi connectivity index (χ0n) is 8.09. The number of halogens is 2. The van der Waals surface area contributed by atoms with Gasteiger partial charge in [-0.3, -0.25) is 4.79 Å². The van der Waals surface area contributed by atoms with E-state index < -0.39 is 11.8 Å². The molecule has 0 heterocycles. The summed E-state index contributed by atoms with van der Waals surface area (Å²) in [4.78, 5) is 10.4. The van der Waals surface area contributed by atoms with Gasteiger partial charge in [-0.15, -0.1) is 0 Å². The number of hydrogen-bond donors (Lipinski definition) is 1. The maximum Gasteiger partial charge on any atom is 0.303 e. The molecule has 1 rings (SSSR count). The Labute approximate surface area is 91.4 Å². The second-order valence-corrected chi connectivity index (χ2v) is 3.35. The van der Waals surface area contributed by atoms with Gasteiger partial charge in [0.2, 0.25) is 0 Å². The van der Waals surface area contributed by atoms with Gasteiger partial charge in [0.05, 0.1) is 12.1 Å². The monoisotopic (exact) mass is 232 g/mol. The lowest BCUT2D eigenvalue weighted by molar-refractivity contribution is -0.136. The first-order valence-electron chi connectivity index (χ1n) is 4.29. The van der Waals surface area contributed by atoms with Gasteiger partial charge < -0.3 is 9.84 Å².